The zero-order valence-corrected chi connectivity index (χ0v) is 20.9. The standard InChI is InChI=1S/C24H29N3O6S/c1-16-7-8-17(2)23(13-16)24-25-21(15-32-24)14-31-22-11-9-20(10-12-22)18(3)27(33-19(4)28)34(29,30)26(5)6/h7-13,15,18H,14H2,1-6H3. The van der Waals surface area contributed by atoms with Gasteiger partial charge in [0.05, 0.1) is 6.04 Å². The summed E-state index contributed by atoms with van der Waals surface area (Å²) < 4.78 is 38.3. The lowest BCUT2D eigenvalue weighted by molar-refractivity contribution is -0.173. The van der Waals surface area contributed by atoms with Crippen molar-refractivity contribution in [3.8, 4) is 17.2 Å². The van der Waals surface area contributed by atoms with Gasteiger partial charge in [0.25, 0.3) is 0 Å². The third kappa shape index (κ3) is 5.82. The van der Waals surface area contributed by atoms with Crippen LogP contribution in [-0.4, -0.2) is 42.2 Å². The molecule has 1 heterocycles. The van der Waals surface area contributed by atoms with E-state index in [1.54, 1.807) is 37.5 Å². The van der Waals surface area contributed by atoms with Crippen molar-refractivity contribution in [1.82, 2.24) is 13.8 Å². The van der Waals surface area contributed by atoms with E-state index >= 15 is 0 Å². The Labute approximate surface area is 200 Å². The summed E-state index contributed by atoms with van der Waals surface area (Å²) in [4.78, 5) is 21.0. The predicted octanol–water partition coefficient (Wildman–Crippen LogP) is 4.18. The van der Waals surface area contributed by atoms with Crippen LogP contribution in [0, 0.1) is 13.8 Å². The summed E-state index contributed by atoms with van der Waals surface area (Å²) in [5.74, 6) is 0.378. The van der Waals surface area contributed by atoms with Crippen molar-refractivity contribution in [3.63, 3.8) is 0 Å². The van der Waals surface area contributed by atoms with E-state index in [1.165, 1.54) is 14.1 Å². The fourth-order valence-corrected chi connectivity index (χ4v) is 4.24. The van der Waals surface area contributed by atoms with E-state index in [-0.39, 0.29) is 6.61 Å². The van der Waals surface area contributed by atoms with Crippen LogP contribution in [0.3, 0.4) is 0 Å². The highest BCUT2D eigenvalue weighted by Crippen LogP contribution is 2.28. The number of aryl methyl sites for hydroxylation is 2. The van der Waals surface area contributed by atoms with Crippen molar-refractivity contribution >= 4 is 16.2 Å². The molecule has 0 saturated heterocycles. The van der Waals surface area contributed by atoms with Crippen molar-refractivity contribution in [2.45, 2.75) is 40.3 Å². The Hall–Kier alpha value is -3.21. The molecule has 34 heavy (non-hydrogen) atoms. The Bertz CT molecular complexity index is 1250. The van der Waals surface area contributed by atoms with Crippen LogP contribution < -0.4 is 4.74 Å². The number of nitrogens with zero attached hydrogens (tertiary/aromatic N) is 3. The average molecular weight is 488 g/mol. The van der Waals surface area contributed by atoms with Crippen LogP contribution >= 0.6 is 0 Å². The van der Waals surface area contributed by atoms with Crippen molar-refractivity contribution in [2.75, 3.05) is 14.1 Å². The second-order valence-electron chi connectivity index (χ2n) is 8.12. The summed E-state index contributed by atoms with van der Waals surface area (Å²) in [5.41, 5.74) is 4.40. The molecule has 0 spiro atoms. The molecule has 1 aromatic heterocycles. The van der Waals surface area contributed by atoms with Crippen LogP contribution in [-0.2, 0) is 26.4 Å². The number of ether oxygens (including phenoxy) is 1. The molecule has 1 atom stereocenters. The quantitative estimate of drug-likeness (QED) is 0.417. The first-order chi connectivity index (χ1) is 16.0. The Balaban J connectivity index is 1.69. The average Bonchev–Trinajstić information content (AvgIpc) is 3.26. The number of benzene rings is 2. The maximum atomic E-state index is 12.6. The third-order valence-electron chi connectivity index (χ3n) is 5.15. The summed E-state index contributed by atoms with van der Waals surface area (Å²) in [6.45, 7) is 7.01. The van der Waals surface area contributed by atoms with Crippen molar-refractivity contribution in [1.29, 1.82) is 0 Å². The summed E-state index contributed by atoms with van der Waals surface area (Å²) in [7, 11) is -1.26. The molecule has 0 radical (unpaired) electrons. The molecule has 0 N–H and O–H groups in total. The fourth-order valence-electron chi connectivity index (χ4n) is 3.20. The normalized spacial score (nSPS) is 12.7. The third-order valence-corrected chi connectivity index (χ3v) is 6.92. The molecule has 0 aliphatic carbocycles. The SMILES string of the molecule is CC(=O)ON(C(C)c1ccc(OCc2coc(-c3cc(C)ccc3C)n2)cc1)S(=O)(=O)N(C)C. The first-order valence-electron chi connectivity index (χ1n) is 10.6. The minimum Gasteiger partial charge on any atom is -0.487 e. The Kier molecular flexibility index (Phi) is 7.75. The summed E-state index contributed by atoms with van der Waals surface area (Å²) in [6, 6.07) is 12.2. The Morgan fingerprint density at radius 3 is 2.41 bits per heavy atom. The maximum Gasteiger partial charge on any atom is 0.323 e. The van der Waals surface area contributed by atoms with E-state index in [4.69, 9.17) is 14.0 Å². The van der Waals surface area contributed by atoms with E-state index in [2.05, 4.69) is 4.98 Å². The van der Waals surface area contributed by atoms with E-state index in [1.807, 2.05) is 32.0 Å². The number of aromatic nitrogens is 1. The number of hydrogen-bond donors (Lipinski definition) is 0. The Morgan fingerprint density at radius 2 is 1.79 bits per heavy atom. The van der Waals surface area contributed by atoms with Crippen molar-refractivity contribution < 1.29 is 27.2 Å². The first-order valence-corrected chi connectivity index (χ1v) is 12.0. The van der Waals surface area contributed by atoms with Gasteiger partial charge >= 0.3 is 16.2 Å². The molecule has 0 aliphatic rings. The number of carbonyl (C=O) groups excluding carboxylic acids is 1. The second-order valence-corrected chi connectivity index (χ2v) is 10.1. The summed E-state index contributed by atoms with van der Waals surface area (Å²) >= 11 is 0. The van der Waals surface area contributed by atoms with Gasteiger partial charge in [-0.1, -0.05) is 29.8 Å². The molecular weight excluding hydrogens is 458 g/mol. The predicted molar refractivity (Wildman–Crippen MR) is 127 cm³/mol. The van der Waals surface area contributed by atoms with Gasteiger partial charge in [0.1, 0.15) is 24.3 Å². The van der Waals surface area contributed by atoms with Crippen LogP contribution in [0.15, 0.2) is 53.1 Å². The minimum atomic E-state index is -3.99. The van der Waals surface area contributed by atoms with E-state index in [0.717, 1.165) is 27.9 Å². The Morgan fingerprint density at radius 1 is 1.12 bits per heavy atom. The number of hydroxylamine groups is 1. The van der Waals surface area contributed by atoms with Crippen LogP contribution in [0.4, 0.5) is 0 Å². The molecular formula is C24H29N3O6S. The molecule has 0 amide bonds. The lowest BCUT2D eigenvalue weighted by Gasteiger charge is -2.28. The van der Waals surface area contributed by atoms with E-state index < -0.39 is 22.2 Å². The molecule has 0 bridgehead atoms. The number of oxazole rings is 1. The number of carbonyl (C=O) groups is 1. The molecule has 3 rings (SSSR count). The lowest BCUT2D eigenvalue weighted by Crippen LogP contribution is -2.42. The van der Waals surface area contributed by atoms with Gasteiger partial charge in [0, 0.05) is 26.6 Å². The second kappa shape index (κ2) is 10.4. The van der Waals surface area contributed by atoms with Crippen molar-refractivity contribution in [3.05, 3.63) is 71.1 Å². The van der Waals surface area contributed by atoms with Crippen LogP contribution in [0.1, 0.15) is 42.3 Å². The van der Waals surface area contributed by atoms with Crippen LogP contribution in [0.2, 0.25) is 0 Å². The molecule has 9 nitrogen and oxygen atoms in total. The van der Waals surface area contributed by atoms with Gasteiger partial charge in [-0.3, -0.25) is 4.79 Å². The maximum absolute atomic E-state index is 12.6. The highest BCUT2D eigenvalue weighted by molar-refractivity contribution is 7.86. The molecule has 0 aliphatic heterocycles. The molecule has 182 valence electrons. The molecule has 1 unspecified atom stereocenters. The van der Waals surface area contributed by atoms with Gasteiger partial charge < -0.3 is 14.0 Å². The zero-order chi connectivity index (χ0) is 25.0. The van der Waals surface area contributed by atoms with Gasteiger partial charge in [-0.15, -0.1) is 0 Å². The lowest BCUT2D eigenvalue weighted by atomic mass is 10.1. The van der Waals surface area contributed by atoms with Crippen LogP contribution in [0.5, 0.6) is 5.75 Å². The highest BCUT2D eigenvalue weighted by Gasteiger charge is 2.33. The minimum absolute atomic E-state index is 0.206. The molecule has 10 heteroatoms. The molecule has 3 aromatic rings. The van der Waals surface area contributed by atoms with Gasteiger partial charge in [0.15, 0.2) is 0 Å². The highest BCUT2D eigenvalue weighted by atomic mass is 32.2. The zero-order valence-electron chi connectivity index (χ0n) is 20.1. The van der Waals surface area contributed by atoms with E-state index in [0.29, 0.717) is 27.4 Å². The largest absolute Gasteiger partial charge is 0.487 e. The van der Waals surface area contributed by atoms with Gasteiger partial charge in [0.2, 0.25) is 5.89 Å². The molecule has 0 saturated carbocycles. The van der Waals surface area contributed by atoms with Gasteiger partial charge in [-0.05, 0) is 54.6 Å². The number of rotatable bonds is 9. The van der Waals surface area contributed by atoms with Crippen LogP contribution in [0.25, 0.3) is 11.5 Å². The van der Waals surface area contributed by atoms with Gasteiger partial charge in [-0.2, -0.15) is 12.7 Å². The van der Waals surface area contributed by atoms with E-state index in [9.17, 15) is 13.2 Å². The number of hydrogen-bond acceptors (Lipinski definition) is 7. The van der Waals surface area contributed by atoms with Gasteiger partial charge in [-0.25, -0.2) is 4.98 Å². The monoisotopic (exact) mass is 487 g/mol. The fraction of sp³-hybridized carbons (Fsp3) is 0.333. The first kappa shape index (κ1) is 25.4. The summed E-state index contributed by atoms with van der Waals surface area (Å²) in [5, 5.41) is 0. The smallest absolute Gasteiger partial charge is 0.323 e. The summed E-state index contributed by atoms with van der Waals surface area (Å²) in [6.07, 6.45) is 1.57. The molecule has 0 fully saturated rings. The van der Waals surface area contributed by atoms with Crippen molar-refractivity contribution in [2.24, 2.45) is 0 Å². The topological polar surface area (TPSA) is 102 Å². The molecule has 2 aromatic carbocycles.